The van der Waals surface area contributed by atoms with E-state index in [1.165, 1.54) is 11.3 Å². The molecule has 1 N–H and O–H groups in total. The van der Waals surface area contributed by atoms with Crippen molar-refractivity contribution >= 4 is 17.9 Å². The van der Waals surface area contributed by atoms with Gasteiger partial charge >= 0.3 is 0 Å². The molecule has 1 aromatic carbocycles. The topological polar surface area (TPSA) is 40.1 Å². The van der Waals surface area contributed by atoms with Gasteiger partial charge in [0.15, 0.2) is 0 Å². The summed E-state index contributed by atoms with van der Waals surface area (Å²) in [6.45, 7) is 13.5. The predicted octanol–water partition coefficient (Wildman–Crippen LogP) is 3.33. The largest absolute Gasteiger partial charge is 0.369 e. The first-order valence-electron chi connectivity index (χ1n) is 8.54. The molecular weight excluding hydrogens is 318 g/mol. The van der Waals surface area contributed by atoms with Gasteiger partial charge in [-0.05, 0) is 36.8 Å². The van der Waals surface area contributed by atoms with Crippen molar-refractivity contribution in [3.63, 3.8) is 0 Å². The fourth-order valence-electron chi connectivity index (χ4n) is 2.96. The van der Waals surface area contributed by atoms with E-state index in [0.29, 0.717) is 4.77 Å². The van der Waals surface area contributed by atoms with Crippen molar-refractivity contribution in [3.8, 4) is 0 Å². The molecule has 0 radical (unpaired) electrons. The number of nitrogens with one attached hydrogen (secondary N) is 1. The van der Waals surface area contributed by atoms with Gasteiger partial charge in [0.25, 0.3) is 0 Å². The number of aromatic amines is 1. The molecular formula is C18H27N5S. The first-order chi connectivity index (χ1) is 11.3. The van der Waals surface area contributed by atoms with Crippen LogP contribution in [0.5, 0.6) is 0 Å². The Kier molecular flexibility index (Phi) is 4.78. The molecule has 24 heavy (non-hydrogen) atoms. The lowest BCUT2D eigenvalue weighted by Crippen LogP contribution is -2.47. The molecule has 130 valence electrons. The summed E-state index contributed by atoms with van der Waals surface area (Å²) in [6.07, 6.45) is 0. The molecule has 5 nitrogen and oxygen atoms in total. The normalized spacial score (nSPS) is 16.6. The molecule has 3 rings (SSSR count). The Bertz CT molecular complexity index is 747. The van der Waals surface area contributed by atoms with Crippen molar-refractivity contribution in [2.24, 2.45) is 0 Å². The Morgan fingerprint density at radius 2 is 1.88 bits per heavy atom. The van der Waals surface area contributed by atoms with E-state index in [1.54, 1.807) is 0 Å². The highest BCUT2D eigenvalue weighted by atomic mass is 32.1. The van der Waals surface area contributed by atoms with Crippen LogP contribution in [-0.2, 0) is 12.1 Å². The van der Waals surface area contributed by atoms with E-state index < -0.39 is 0 Å². The number of benzene rings is 1. The quantitative estimate of drug-likeness (QED) is 0.866. The lowest BCUT2D eigenvalue weighted by molar-refractivity contribution is 0.193. The maximum absolute atomic E-state index is 5.41. The van der Waals surface area contributed by atoms with Gasteiger partial charge in [0.2, 0.25) is 4.77 Å². The van der Waals surface area contributed by atoms with E-state index in [0.717, 1.165) is 38.7 Å². The molecule has 0 bridgehead atoms. The average Bonchev–Trinajstić information content (AvgIpc) is 2.89. The number of hydrogen-bond donors (Lipinski definition) is 1. The summed E-state index contributed by atoms with van der Waals surface area (Å²) in [5.74, 6) is 0.950. The second kappa shape index (κ2) is 6.69. The molecule has 1 saturated heterocycles. The van der Waals surface area contributed by atoms with Gasteiger partial charge in [-0.1, -0.05) is 32.9 Å². The summed E-state index contributed by atoms with van der Waals surface area (Å²) in [7, 11) is 0. The first-order valence-corrected chi connectivity index (χ1v) is 8.95. The summed E-state index contributed by atoms with van der Waals surface area (Å²) in [5.41, 5.74) is 2.62. The number of hydrogen-bond acceptors (Lipinski definition) is 4. The Morgan fingerprint density at radius 3 is 2.46 bits per heavy atom. The van der Waals surface area contributed by atoms with Gasteiger partial charge in [0.1, 0.15) is 5.82 Å². The van der Waals surface area contributed by atoms with Crippen molar-refractivity contribution in [1.29, 1.82) is 0 Å². The van der Waals surface area contributed by atoms with E-state index in [2.05, 4.69) is 71.8 Å². The average molecular weight is 346 g/mol. The summed E-state index contributed by atoms with van der Waals surface area (Å²) in [6, 6.07) is 8.74. The van der Waals surface area contributed by atoms with Crippen molar-refractivity contribution in [3.05, 3.63) is 40.4 Å². The molecule has 2 aromatic rings. The summed E-state index contributed by atoms with van der Waals surface area (Å²) in [5, 5.41) is 3.37. The minimum atomic E-state index is -0.0112. The Balaban J connectivity index is 1.62. The van der Waals surface area contributed by atoms with Gasteiger partial charge in [0.05, 0.1) is 6.67 Å². The second-order valence-electron chi connectivity index (χ2n) is 7.62. The molecule has 6 heteroatoms. The monoisotopic (exact) mass is 345 g/mol. The minimum Gasteiger partial charge on any atom is -0.369 e. The zero-order valence-electron chi connectivity index (χ0n) is 15.0. The summed E-state index contributed by atoms with van der Waals surface area (Å²) >= 11 is 5.41. The number of aromatic nitrogens is 3. The van der Waals surface area contributed by atoms with E-state index >= 15 is 0 Å². The smallest absolute Gasteiger partial charge is 0.217 e. The number of piperazine rings is 1. The third-order valence-electron chi connectivity index (χ3n) is 4.47. The van der Waals surface area contributed by atoms with Crippen LogP contribution in [0, 0.1) is 11.7 Å². The Hall–Kier alpha value is -1.66. The maximum Gasteiger partial charge on any atom is 0.217 e. The number of aryl methyl sites for hydroxylation is 1. The number of H-pyrrole nitrogens is 1. The zero-order valence-corrected chi connectivity index (χ0v) is 15.9. The maximum atomic E-state index is 5.41. The van der Waals surface area contributed by atoms with Crippen LogP contribution >= 0.6 is 12.2 Å². The van der Waals surface area contributed by atoms with Gasteiger partial charge in [-0.25, -0.2) is 9.67 Å². The molecule has 1 aliphatic heterocycles. The standard InChI is InChI=1S/C18H27N5S/c1-14-6-5-7-15(12-14)22-10-8-21(9-11-22)13-23-17(24)19-16(20-23)18(2,3)4/h5-7,12H,8-11,13H2,1-4H3,(H,19,20,24). The van der Waals surface area contributed by atoms with Gasteiger partial charge in [0, 0.05) is 37.3 Å². The molecule has 0 spiro atoms. The minimum absolute atomic E-state index is 0.0112. The molecule has 0 aliphatic carbocycles. The van der Waals surface area contributed by atoms with Crippen molar-refractivity contribution in [2.75, 3.05) is 31.1 Å². The van der Waals surface area contributed by atoms with E-state index in [-0.39, 0.29) is 5.41 Å². The number of nitrogens with zero attached hydrogens (tertiary/aromatic N) is 4. The predicted molar refractivity (Wildman–Crippen MR) is 101 cm³/mol. The highest BCUT2D eigenvalue weighted by molar-refractivity contribution is 7.71. The third-order valence-corrected chi connectivity index (χ3v) is 4.78. The number of anilines is 1. The van der Waals surface area contributed by atoms with Crippen LogP contribution in [-0.4, -0.2) is 45.8 Å². The molecule has 1 aliphatic rings. The third kappa shape index (κ3) is 3.87. The highest BCUT2D eigenvalue weighted by Gasteiger charge is 2.21. The van der Waals surface area contributed by atoms with Crippen LogP contribution in [0.3, 0.4) is 0 Å². The Morgan fingerprint density at radius 1 is 1.17 bits per heavy atom. The van der Waals surface area contributed by atoms with Crippen LogP contribution in [0.25, 0.3) is 0 Å². The first kappa shape index (κ1) is 17.2. The zero-order chi connectivity index (χ0) is 17.3. The van der Waals surface area contributed by atoms with Crippen LogP contribution in [0.15, 0.2) is 24.3 Å². The molecule has 0 unspecified atom stereocenters. The fourth-order valence-corrected chi connectivity index (χ4v) is 3.15. The van der Waals surface area contributed by atoms with Gasteiger partial charge in [-0.2, -0.15) is 0 Å². The summed E-state index contributed by atoms with van der Waals surface area (Å²) < 4.78 is 2.62. The molecule has 1 fully saturated rings. The van der Waals surface area contributed by atoms with E-state index in [4.69, 9.17) is 12.2 Å². The van der Waals surface area contributed by atoms with Gasteiger partial charge in [-0.3, -0.25) is 10.00 Å². The van der Waals surface area contributed by atoms with Gasteiger partial charge in [-0.15, -0.1) is 0 Å². The molecule has 1 aromatic heterocycles. The molecule has 0 atom stereocenters. The fraction of sp³-hybridized carbons (Fsp3) is 0.556. The molecule has 0 saturated carbocycles. The highest BCUT2D eigenvalue weighted by Crippen LogP contribution is 2.19. The lowest BCUT2D eigenvalue weighted by Gasteiger charge is -2.36. The molecule has 2 heterocycles. The van der Waals surface area contributed by atoms with E-state index in [9.17, 15) is 0 Å². The molecule has 0 amide bonds. The van der Waals surface area contributed by atoms with Crippen LogP contribution in [0.1, 0.15) is 32.2 Å². The van der Waals surface area contributed by atoms with Gasteiger partial charge < -0.3 is 4.90 Å². The SMILES string of the molecule is Cc1cccc(N2CCN(Cn3[nH]c(C(C)(C)C)nc3=S)CC2)c1. The van der Waals surface area contributed by atoms with Crippen molar-refractivity contribution < 1.29 is 0 Å². The van der Waals surface area contributed by atoms with Crippen molar-refractivity contribution in [2.45, 2.75) is 39.8 Å². The van der Waals surface area contributed by atoms with Crippen LogP contribution in [0.2, 0.25) is 0 Å². The number of rotatable bonds is 3. The van der Waals surface area contributed by atoms with Crippen molar-refractivity contribution in [1.82, 2.24) is 19.7 Å². The lowest BCUT2D eigenvalue weighted by atomic mass is 9.96. The van der Waals surface area contributed by atoms with Crippen LogP contribution in [0.4, 0.5) is 5.69 Å². The van der Waals surface area contributed by atoms with Crippen LogP contribution < -0.4 is 4.90 Å². The summed E-state index contributed by atoms with van der Waals surface area (Å²) in [4.78, 5) is 9.38. The van der Waals surface area contributed by atoms with E-state index in [1.807, 2.05) is 4.68 Å². The Labute approximate surface area is 149 Å². The second-order valence-corrected chi connectivity index (χ2v) is 7.98.